The highest BCUT2D eigenvalue weighted by Gasteiger charge is 2.52. The van der Waals surface area contributed by atoms with Crippen LogP contribution >= 0.6 is 0 Å². The van der Waals surface area contributed by atoms with Crippen LogP contribution < -0.4 is 17.1 Å². The molecule has 0 bridgehead atoms. The molecule has 15 nitrogen and oxygen atoms in total. The van der Waals surface area contributed by atoms with Gasteiger partial charge in [0.2, 0.25) is 0 Å². The summed E-state index contributed by atoms with van der Waals surface area (Å²) in [6, 6.07) is 0. The predicted octanol–water partition coefficient (Wildman–Crippen LogP) is -1.01. The van der Waals surface area contributed by atoms with Crippen LogP contribution in [-0.2, 0) is 60.4 Å². The van der Waals surface area contributed by atoms with E-state index in [0.29, 0.717) is 13.7 Å². The second-order valence-electron chi connectivity index (χ2n) is 7.60. The number of rotatable bonds is 15. The van der Waals surface area contributed by atoms with Crippen molar-refractivity contribution in [1.82, 2.24) is 13.7 Å². The van der Waals surface area contributed by atoms with Crippen LogP contribution in [-0.4, -0.2) is 96.0 Å². The molecule has 1 aromatic heterocycles. The van der Waals surface area contributed by atoms with Crippen molar-refractivity contribution in [3.05, 3.63) is 31.5 Å². The Bertz CT molecular complexity index is 862. The van der Waals surface area contributed by atoms with Gasteiger partial charge in [-0.3, -0.25) is 0 Å². The summed E-state index contributed by atoms with van der Waals surface area (Å²) in [6.45, 7) is 4.48. The molecule has 0 spiro atoms. The van der Waals surface area contributed by atoms with Gasteiger partial charge in [0.25, 0.3) is 17.7 Å². The molecule has 1 rings (SSSR count). The lowest BCUT2D eigenvalue weighted by Crippen LogP contribution is -2.72. The van der Waals surface area contributed by atoms with Gasteiger partial charge in [0.1, 0.15) is 18.3 Å². The minimum absolute atomic E-state index is 0.535. The molecule has 0 amide bonds. The summed E-state index contributed by atoms with van der Waals surface area (Å²) >= 11 is 0. The molecule has 0 aliphatic heterocycles. The highest BCUT2D eigenvalue weighted by molar-refractivity contribution is 4.94. The van der Waals surface area contributed by atoms with Crippen LogP contribution in [0.5, 0.6) is 0 Å². The molecule has 0 aliphatic rings. The topological polar surface area (TPSA) is 149 Å². The summed E-state index contributed by atoms with van der Waals surface area (Å²) in [5, 5.41) is 0. The summed E-state index contributed by atoms with van der Waals surface area (Å²) in [5.74, 6) is -6.52. The van der Waals surface area contributed by atoms with E-state index < -0.39 is 53.1 Å². The number of aromatic nitrogens is 3. The Hall–Kier alpha value is -1.95. The first kappa shape index (κ1) is 32.1. The Morgan fingerprint density at radius 1 is 0.444 bits per heavy atom. The van der Waals surface area contributed by atoms with E-state index in [-0.39, 0.29) is 0 Å². The normalized spacial score (nSPS) is 15.7. The summed E-state index contributed by atoms with van der Waals surface area (Å²) in [7, 11) is 11.1. The Balaban J connectivity index is 4.70. The first-order valence-corrected chi connectivity index (χ1v) is 10.8. The molecule has 0 aromatic carbocycles. The van der Waals surface area contributed by atoms with Crippen LogP contribution in [0.2, 0.25) is 0 Å². The van der Waals surface area contributed by atoms with E-state index in [1.165, 1.54) is 84.8 Å². The molecule has 15 heteroatoms. The van der Waals surface area contributed by atoms with Crippen molar-refractivity contribution in [2.45, 2.75) is 56.8 Å². The standard InChI is InChI=1S/C21H39N3O12/c1-13(28-4)19(31-7,32-8)22-16(25)23(20(33-9,34-10)14(2)29-5)18(27)24(17(22)26)21(35-11,36-12)15(3)30-6/h13-15H,1-12H3. The van der Waals surface area contributed by atoms with Gasteiger partial charge in [0.15, 0.2) is 0 Å². The van der Waals surface area contributed by atoms with Crippen LogP contribution in [0.4, 0.5) is 0 Å². The lowest BCUT2D eigenvalue weighted by atomic mass is 10.2. The van der Waals surface area contributed by atoms with Crippen molar-refractivity contribution in [3.8, 4) is 0 Å². The van der Waals surface area contributed by atoms with Gasteiger partial charge in [-0.1, -0.05) is 0 Å². The second-order valence-corrected chi connectivity index (χ2v) is 7.60. The van der Waals surface area contributed by atoms with E-state index in [2.05, 4.69) is 0 Å². The van der Waals surface area contributed by atoms with Crippen molar-refractivity contribution in [1.29, 1.82) is 0 Å². The second kappa shape index (κ2) is 12.5. The van der Waals surface area contributed by atoms with Crippen LogP contribution in [0.25, 0.3) is 0 Å². The van der Waals surface area contributed by atoms with Gasteiger partial charge in [0, 0.05) is 64.0 Å². The number of ether oxygens (including phenoxy) is 9. The molecule has 0 saturated carbocycles. The summed E-state index contributed by atoms with van der Waals surface area (Å²) in [6.07, 6.45) is -3.18. The van der Waals surface area contributed by atoms with Gasteiger partial charge in [-0.2, -0.15) is 13.7 Å². The molecule has 210 valence electrons. The third-order valence-corrected chi connectivity index (χ3v) is 6.44. The minimum Gasteiger partial charge on any atom is -0.374 e. The average molecular weight is 526 g/mol. The zero-order valence-electron chi connectivity index (χ0n) is 23.0. The van der Waals surface area contributed by atoms with Crippen LogP contribution in [0.1, 0.15) is 20.8 Å². The maximum Gasteiger partial charge on any atom is 0.345 e. The monoisotopic (exact) mass is 525 g/mol. The third kappa shape index (κ3) is 4.59. The Labute approximate surface area is 209 Å². The van der Waals surface area contributed by atoms with Crippen molar-refractivity contribution in [2.24, 2.45) is 0 Å². The maximum atomic E-state index is 14.0. The molecule has 0 radical (unpaired) electrons. The lowest BCUT2D eigenvalue weighted by Gasteiger charge is -2.41. The summed E-state index contributed by atoms with van der Waals surface area (Å²) in [5.41, 5.74) is -3.69. The highest BCUT2D eigenvalue weighted by Crippen LogP contribution is 2.27. The number of methoxy groups -OCH3 is 9. The van der Waals surface area contributed by atoms with E-state index in [4.69, 9.17) is 42.6 Å². The van der Waals surface area contributed by atoms with E-state index in [0.717, 1.165) is 0 Å². The van der Waals surface area contributed by atoms with E-state index in [1.54, 1.807) is 0 Å². The number of hydrogen-bond donors (Lipinski definition) is 0. The largest absolute Gasteiger partial charge is 0.374 e. The smallest absolute Gasteiger partial charge is 0.345 e. The zero-order chi connectivity index (χ0) is 28.1. The average Bonchev–Trinajstić information content (AvgIpc) is 2.90. The summed E-state index contributed by atoms with van der Waals surface area (Å²) in [4.78, 5) is 42.1. The molecular weight excluding hydrogens is 486 g/mol. The SMILES string of the molecule is COC(C)C(OC)(OC)n1c(=O)n(C(OC)(OC)C(C)OC)c(=O)n(C(OC)(OC)C(C)OC)c1=O. The molecule has 1 heterocycles. The van der Waals surface area contributed by atoms with Crippen molar-refractivity contribution >= 4 is 0 Å². The van der Waals surface area contributed by atoms with E-state index >= 15 is 0 Å². The van der Waals surface area contributed by atoms with Gasteiger partial charge in [-0.25, -0.2) is 14.4 Å². The van der Waals surface area contributed by atoms with Gasteiger partial charge in [-0.05, 0) is 20.8 Å². The first-order chi connectivity index (χ1) is 16.9. The maximum absolute atomic E-state index is 14.0. The van der Waals surface area contributed by atoms with Gasteiger partial charge in [0.05, 0.1) is 0 Å². The fourth-order valence-corrected chi connectivity index (χ4v) is 4.13. The molecule has 1 aromatic rings. The first-order valence-electron chi connectivity index (χ1n) is 10.8. The molecule has 3 atom stereocenters. The van der Waals surface area contributed by atoms with Crippen molar-refractivity contribution < 1.29 is 42.6 Å². The van der Waals surface area contributed by atoms with Crippen LogP contribution in [0.3, 0.4) is 0 Å². The van der Waals surface area contributed by atoms with E-state index in [1.807, 2.05) is 0 Å². The van der Waals surface area contributed by atoms with Crippen molar-refractivity contribution in [2.75, 3.05) is 64.0 Å². The fourth-order valence-electron chi connectivity index (χ4n) is 4.13. The highest BCUT2D eigenvalue weighted by atomic mass is 16.7. The number of hydrogen-bond acceptors (Lipinski definition) is 12. The zero-order valence-corrected chi connectivity index (χ0v) is 23.0. The molecule has 0 aliphatic carbocycles. The molecule has 36 heavy (non-hydrogen) atoms. The van der Waals surface area contributed by atoms with Gasteiger partial charge in [-0.15, -0.1) is 0 Å². The Morgan fingerprint density at radius 3 is 0.722 bits per heavy atom. The fraction of sp³-hybridized carbons (Fsp3) is 0.857. The molecular formula is C21H39N3O12. The van der Waals surface area contributed by atoms with Gasteiger partial charge < -0.3 is 42.6 Å². The number of nitrogens with zero attached hydrogens (tertiary/aromatic N) is 3. The quantitative estimate of drug-likeness (QED) is 0.258. The van der Waals surface area contributed by atoms with Gasteiger partial charge >= 0.3 is 17.1 Å². The van der Waals surface area contributed by atoms with Crippen LogP contribution in [0, 0.1) is 0 Å². The predicted molar refractivity (Wildman–Crippen MR) is 125 cm³/mol. The van der Waals surface area contributed by atoms with Crippen molar-refractivity contribution in [3.63, 3.8) is 0 Å². The molecule has 3 unspecified atom stereocenters. The Morgan fingerprint density at radius 2 is 0.611 bits per heavy atom. The summed E-state index contributed by atoms with van der Waals surface area (Å²) < 4.78 is 50.9. The molecule has 0 saturated heterocycles. The third-order valence-electron chi connectivity index (χ3n) is 6.44. The molecule has 0 N–H and O–H groups in total. The van der Waals surface area contributed by atoms with Crippen LogP contribution in [0.15, 0.2) is 14.4 Å². The lowest BCUT2D eigenvalue weighted by molar-refractivity contribution is -0.345. The van der Waals surface area contributed by atoms with E-state index in [9.17, 15) is 14.4 Å². The molecule has 0 fully saturated rings. The Kier molecular flexibility index (Phi) is 11.2. The minimum atomic E-state index is -2.17.